The molecule has 0 rings (SSSR count). The van der Waals surface area contributed by atoms with Crippen molar-refractivity contribution in [1.29, 1.82) is 0 Å². The molecule has 0 saturated carbocycles. The summed E-state index contributed by atoms with van der Waals surface area (Å²) in [5.74, 6) is -6.94. The topological polar surface area (TPSA) is 225 Å². The molecule has 13 nitrogen and oxygen atoms in total. The Kier molecular flexibility index (Phi) is 14.2. The number of carboxylic acids is 3. The van der Waals surface area contributed by atoms with Gasteiger partial charge in [-0.3, -0.25) is 24.0 Å². The third kappa shape index (κ3) is 11.7. The van der Waals surface area contributed by atoms with Gasteiger partial charge in [0.15, 0.2) is 0 Å². The molecule has 35 heavy (non-hydrogen) atoms. The summed E-state index contributed by atoms with van der Waals surface area (Å²) in [6, 6.07) is -5.03. The molecule has 0 fully saturated rings. The van der Waals surface area contributed by atoms with E-state index in [0.29, 0.717) is 12.8 Å². The molecule has 0 aromatic carbocycles. The van der Waals surface area contributed by atoms with E-state index in [1.165, 1.54) is 0 Å². The van der Waals surface area contributed by atoms with Gasteiger partial charge in [-0.1, -0.05) is 40.5 Å². The zero-order valence-corrected chi connectivity index (χ0v) is 20.6. The largest absolute Gasteiger partial charge is 0.481 e. The van der Waals surface area contributed by atoms with Crippen LogP contribution in [0.1, 0.15) is 66.2 Å². The fourth-order valence-corrected chi connectivity index (χ4v) is 3.06. The molecule has 0 aromatic heterocycles. The number of nitrogens with two attached hydrogens (primary N) is 1. The smallest absolute Gasteiger partial charge is 0.326 e. The standard InChI is InChI=1S/C22H38N4O9/c1-5-11(3)17(23)21(33)25-13(7-9-15(27)28)19(31)24-14(8-10-16(29)30)20(32)26-18(22(34)35)12(4)6-2/h11-14,17-18H,5-10,23H2,1-4H3,(H,24,31)(H,25,33)(H,26,32)(H,27,28)(H,29,30)(H,34,35). The van der Waals surface area contributed by atoms with Gasteiger partial charge in [0.25, 0.3) is 0 Å². The number of amides is 3. The van der Waals surface area contributed by atoms with Crippen molar-refractivity contribution in [2.45, 2.75) is 90.4 Å². The Morgan fingerprint density at radius 1 is 0.686 bits per heavy atom. The van der Waals surface area contributed by atoms with Crippen molar-refractivity contribution in [3.8, 4) is 0 Å². The van der Waals surface area contributed by atoms with E-state index < -0.39 is 78.6 Å². The molecule has 13 heteroatoms. The number of hydrogen-bond acceptors (Lipinski definition) is 7. The molecular weight excluding hydrogens is 464 g/mol. The molecule has 3 amide bonds. The van der Waals surface area contributed by atoms with Crippen LogP contribution in [0.5, 0.6) is 0 Å². The third-order valence-corrected chi connectivity index (χ3v) is 5.90. The Labute approximate surface area is 204 Å². The molecule has 0 radical (unpaired) electrons. The van der Waals surface area contributed by atoms with Gasteiger partial charge >= 0.3 is 17.9 Å². The Bertz CT molecular complexity index is 774. The molecule has 0 bridgehead atoms. The van der Waals surface area contributed by atoms with Crippen LogP contribution in [0.15, 0.2) is 0 Å². The average Bonchev–Trinajstić information content (AvgIpc) is 2.79. The Hall–Kier alpha value is -3.22. The summed E-state index contributed by atoms with van der Waals surface area (Å²) in [7, 11) is 0. The molecule has 0 aromatic rings. The second kappa shape index (κ2) is 15.6. The van der Waals surface area contributed by atoms with Gasteiger partial charge in [-0.05, 0) is 24.7 Å². The van der Waals surface area contributed by atoms with Gasteiger partial charge in [0, 0.05) is 12.8 Å². The van der Waals surface area contributed by atoms with E-state index in [9.17, 15) is 33.9 Å². The highest BCUT2D eigenvalue weighted by Gasteiger charge is 2.32. The summed E-state index contributed by atoms with van der Waals surface area (Å²) in [5, 5.41) is 34.5. The van der Waals surface area contributed by atoms with Crippen LogP contribution in [0, 0.1) is 11.8 Å². The van der Waals surface area contributed by atoms with E-state index in [-0.39, 0.29) is 18.8 Å². The summed E-state index contributed by atoms with van der Waals surface area (Å²) in [5.41, 5.74) is 5.89. The number of nitrogens with one attached hydrogen (secondary N) is 3. The lowest BCUT2D eigenvalue weighted by atomic mass is 9.98. The minimum absolute atomic E-state index is 0.221. The maximum Gasteiger partial charge on any atom is 0.326 e. The van der Waals surface area contributed by atoms with E-state index in [1.807, 2.05) is 6.92 Å². The number of carbonyl (C=O) groups excluding carboxylic acids is 3. The first kappa shape index (κ1) is 31.8. The normalized spacial score (nSPS) is 16.0. The molecule has 6 unspecified atom stereocenters. The highest BCUT2D eigenvalue weighted by atomic mass is 16.4. The van der Waals surface area contributed by atoms with Crippen LogP contribution in [0.4, 0.5) is 0 Å². The van der Waals surface area contributed by atoms with E-state index in [2.05, 4.69) is 16.0 Å². The summed E-state index contributed by atoms with van der Waals surface area (Å²) in [6.07, 6.45) is -0.631. The van der Waals surface area contributed by atoms with E-state index in [4.69, 9.17) is 15.9 Å². The quantitative estimate of drug-likeness (QED) is 0.137. The first-order valence-corrected chi connectivity index (χ1v) is 11.6. The maximum absolute atomic E-state index is 12.9. The monoisotopic (exact) mass is 502 g/mol. The van der Waals surface area contributed by atoms with Gasteiger partial charge in [0.05, 0.1) is 6.04 Å². The molecule has 0 heterocycles. The molecular formula is C22H38N4O9. The number of aliphatic carboxylic acids is 3. The highest BCUT2D eigenvalue weighted by molar-refractivity contribution is 5.94. The molecule has 6 atom stereocenters. The lowest BCUT2D eigenvalue weighted by molar-refractivity contribution is -0.144. The van der Waals surface area contributed by atoms with Crippen LogP contribution >= 0.6 is 0 Å². The van der Waals surface area contributed by atoms with Crippen LogP contribution < -0.4 is 21.7 Å². The minimum atomic E-state index is -1.43. The molecule has 0 aliphatic rings. The number of hydrogen-bond donors (Lipinski definition) is 7. The van der Waals surface area contributed by atoms with Crippen molar-refractivity contribution >= 4 is 35.6 Å². The van der Waals surface area contributed by atoms with Crippen LogP contribution in [0.25, 0.3) is 0 Å². The molecule has 0 aliphatic heterocycles. The van der Waals surface area contributed by atoms with E-state index in [0.717, 1.165) is 0 Å². The second-order valence-corrected chi connectivity index (χ2v) is 8.61. The Balaban J connectivity index is 5.72. The lowest BCUT2D eigenvalue weighted by Gasteiger charge is -2.27. The highest BCUT2D eigenvalue weighted by Crippen LogP contribution is 2.11. The lowest BCUT2D eigenvalue weighted by Crippen LogP contribution is -2.58. The van der Waals surface area contributed by atoms with Crippen LogP contribution in [0.2, 0.25) is 0 Å². The van der Waals surface area contributed by atoms with Crippen LogP contribution in [-0.2, 0) is 28.8 Å². The molecule has 0 saturated heterocycles. The van der Waals surface area contributed by atoms with E-state index >= 15 is 0 Å². The number of carboxylic acid groups (broad SMARTS) is 3. The van der Waals surface area contributed by atoms with Gasteiger partial charge in [0.2, 0.25) is 17.7 Å². The first-order chi connectivity index (χ1) is 16.2. The van der Waals surface area contributed by atoms with Crippen molar-refractivity contribution < 1.29 is 44.1 Å². The SMILES string of the molecule is CCC(C)C(N)C(=O)NC(CCC(=O)O)C(=O)NC(CCC(=O)O)C(=O)NC(C(=O)O)C(C)CC. The van der Waals surface area contributed by atoms with Crippen molar-refractivity contribution in [3.05, 3.63) is 0 Å². The van der Waals surface area contributed by atoms with Crippen molar-refractivity contribution in [3.63, 3.8) is 0 Å². The first-order valence-electron chi connectivity index (χ1n) is 11.6. The molecule has 0 aliphatic carbocycles. The minimum Gasteiger partial charge on any atom is -0.481 e. The average molecular weight is 503 g/mol. The third-order valence-electron chi connectivity index (χ3n) is 5.90. The summed E-state index contributed by atoms with van der Waals surface area (Å²) < 4.78 is 0. The fourth-order valence-electron chi connectivity index (χ4n) is 3.06. The van der Waals surface area contributed by atoms with Gasteiger partial charge in [-0.25, -0.2) is 4.79 Å². The van der Waals surface area contributed by atoms with Crippen molar-refractivity contribution in [1.82, 2.24) is 16.0 Å². The Morgan fingerprint density at radius 2 is 1.09 bits per heavy atom. The maximum atomic E-state index is 12.9. The van der Waals surface area contributed by atoms with Crippen molar-refractivity contribution in [2.75, 3.05) is 0 Å². The zero-order valence-electron chi connectivity index (χ0n) is 20.6. The summed E-state index contributed by atoms with van der Waals surface area (Å²) >= 11 is 0. The summed E-state index contributed by atoms with van der Waals surface area (Å²) in [6.45, 7) is 6.90. The van der Waals surface area contributed by atoms with Gasteiger partial charge < -0.3 is 37.0 Å². The zero-order chi connectivity index (χ0) is 27.3. The van der Waals surface area contributed by atoms with Gasteiger partial charge in [-0.15, -0.1) is 0 Å². The predicted molar refractivity (Wildman–Crippen MR) is 124 cm³/mol. The number of rotatable bonds is 17. The Morgan fingerprint density at radius 3 is 1.46 bits per heavy atom. The number of carbonyl (C=O) groups is 6. The van der Waals surface area contributed by atoms with Crippen LogP contribution in [0.3, 0.4) is 0 Å². The van der Waals surface area contributed by atoms with Crippen LogP contribution in [-0.4, -0.2) is 75.1 Å². The molecule has 200 valence electrons. The van der Waals surface area contributed by atoms with Gasteiger partial charge in [0.1, 0.15) is 18.1 Å². The second-order valence-electron chi connectivity index (χ2n) is 8.61. The summed E-state index contributed by atoms with van der Waals surface area (Å²) in [4.78, 5) is 71.8. The fraction of sp³-hybridized carbons (Fsp3) is 0.727. The van der Waals surface area contributed by atoms with Gasteiger partial charge in [-0.2, -0.15) is 0 Å². The van der Waals surface area contributed by atoms with E-state index in [1.54, 1.807) is 20.8 Å². The molecule has 0 spiro atoms. The molecule has 8 N–H and O–H groups in total. The predicted octanol–water partition coefficient (Wildman–Crippen LogP) is -0.325. The van der Waals surface area contributed by atoms with Crippen molar-refractivity contribution in [2.24, 2.45) is 17.6 Å².